The van der Waals surface area contributed by atoms with Crippen molar-refractivity contribution < 1.29 is 19.5 Å². The zero-order valence-electron chi connectivity index (χ0n) is 9.19. The minimum atomic E-state index is -1.10. The van der Waals surface area contributed by atoms with E-state index in [-0.39, 0.29) is 6.42 Å². The summed E-state index contributed by atoms with van der Waals surface area (Å²) in [4.78, 5) is 32.8. The lowest BCUT2D eigenvalue weighted by Crippen LogP contribution is -2.44. The number of amides is 1. The van der Waals surface area contributed by atoms with E-state index in [2.05, 4.69) is 23.3 Å². The molecule has 0 heterocycles. The van der Waals surface area contributed by atoms with Crippen molar-refractivity contribution in [3.8, 4) is 0 Å². The molecule has 3 N–H and O–H groups in total. The van der Waals surface area contributed by atoms with Gasteiger partial charge in [0, 0.05) is 0 Å². The molecule has 0 aromatic carbocycles. The molecule has 0 aliphatic carbocycles. The van der Waals surface area contributed by atoms with Gasteiger partial charge in [-0.05, 0) is 13.5 Å². The molecule has 0 saturated heterocycles. The minimum Gasteiger partial charge on any atom is -0.480 e. The number of hydrogen-bond acceptors (Lipinski definition) is 4. The average Bonchev–Trinajstić information content (AvgIpc) is 2.16. The third kappa shape index (κ3) is 5.72. The van der Waals surface area contributed by atoms with Gasteiger partial charge in [0.25, 0.3) is 0 Å². The van der Waals surface area contributed by atoms with Crippen molar-refractivity contribution in [3.63, 3.8) is 0 Å². The Bertz CT molecular complexity index is 283. The average molecular weight is 248 g/mol. The molecule has 92 valence electrons. The summed E-state index contributed by atoms with van der Waals surface area (Å²) in [6.45, 7) is 3.68. The van der Waals surface area contributed by atoms with E-state index >= 15 is 0 Å². The summed E-state index contributed by atoms with van der Waals surface area (Å²) in [5.74, 6) is -1.59. The summed E-state index contributed by atoms with van der Waals surface area (Å²) in [5, 5.41) is 13.3. The van der Waals surface area contributed by atoms with Crippen molar-refractivity contribution in [1.82, 2.24) is 10.6 Å². The number of carboxylic acid groups (broad SMARTS) is 1. The smallest absolute Gasteiger partial charge is 0.321 e. The van der Waals surface area contributed by atoms with Crippen LogP contribution in [0.25, 0.3) is 0 Å². The van der Waals surface area contributed by atoms with Gasteiger partial charge in [0.05, 0.1) is 12.5 Å². The lowest BCUT2D eigenvalue weighted by atomic mass is 10.2. The summed E-state index contributed by atoms with van der Waals surface area (Å²) >= 11 is 3.55. The molecule has 0 radical (unpaired) electrons. The molecular weight excluding hydrogens is 232 g/mol. The van der Waals surface area contributed by atoms with Crippen LogP contribution in [0.2, 0.25) is 0 Å². The second-order valence-corrected chi connectivity index (χ2v) is 3.72. The van der Waals surface area contributed by atoms with E-state index in [0.717, 1.165) is 0 Å². The van der Waals surface area contributed by atoms with E-state index in [0.29, 0.717) is 6.54 Å². The van der Waals surface area contributed by atoms with E-state index < -0.39 is 29.1 Å². The van der Waals surface area contributed by atoms with Crippen LogP contribution in [0.4, 0.5) is 0 Å². The van der Waals surface area contributed by atoms with E-state index in [1.807, 2.05) is 0 Å². The van der Waals surface area contributed by atoms with Gasteiger partial charge in [-0.15, -0.1) is 12.6 Å². The number of thiol groups is 1. The van der Waals surface area contributed by atoms with Gasteiger partial charge in [-0.25, -0.2) is 0 Å². The van der Waals surface area contributed by atoms with Gasteiger partial charge >= 0.3 is 5.97 Å². The molecule has 0 saturated carbocycles. The SMILES string of the molecule is CCN[C@H](CC(=O)N[C@@H](C)C(=O)S)C(=O)O. The monoisotopic (exact) mass is 248 g/mol. The molecule has 0 unspecified atom stereocenters. The summed E-state index contributed by atoms with van der Waals surface area (Å²) < 4.78 is 0. The molecule has 0 fully saturated rings. The lowest BCUT2D eigenvalue weighted by molar-refractivity contribution is -0.141. The second kappa shape index (κ2) is 7.24. The first kappa shape index (κ1) is 14.9. The first-order valence-corrected chi connectivity index (χ1v) is 5.31. The molecule has 6 nitrogen and oxygen atoms in total. The first-order chi connectivity index (χ1) is 7.38. The normalized spacial score (nSPS) is 13.9. The Balaban J connectivity index is 4.19. The maximum Gasteiger partial charge on any atom is 0.321 e. The van der Waals surface area contributed by atoms with Crippen molar-refractivity contribution in [3.05, 3.63) is 0 Å². The topological polar surface area (TPSA) is 95.5 Å². The van der Waals surface area contributed by atoms with Crippen molar-refractivity contribution in [1.29, 1.82) is 0 Å². The third-order valence-corrected chi connectivity index (χ3v) is 2.27. The Kier molecular flexibility index (Phi) is 6.75. The van der Waals surface area contributed by atoms with E-state index in [1.54, 1.807) is 6.92 Å². The predicted octanol–water partition coefficient (Wildman–Crippen LogP) is -0.600. The van der Waals surface area contributed by atoms with Crippen LogP contribution in [0.3, 0.4) is 0 Å². The van der Waals surface area contributed by atoms with Crippen LogP contribution in [0.1, 0.15) is 20.3 Å². The van der Waals surface area contributed by atoms with Crippen LogP contribution in [0.15, 0.2) is 0 Å². The Labute approximate surface area is 99.2 Å². The molecule has 0 spiro atoms. The Morgan fingerprint density at radius 3 is 2.31 bits per heavy atom. The maximum atomic E-state index is 11.3. The van der Waals surface area contributed by atoms with E-state index in [9.17, 15) is 14.4 Å². The van der Waals surface area contributed by atoms with Gasteiger partial charge in [-0.3, -0.25) is 14.4 Å². The maximum absolute atomic E-state index is 11.3. The summed E-state index contributed by atoms with van der Waals surface area (Å²) in [5.41, 5.74) is 0. The number of nitrogens with one attached hydrogen (secondary N) is 2. The number of carboxylic acids is 1. The van der Waals surface area contributed by atoms with Crippen LogP contribution in [-0.2, 0) is 14.4 Å². The summed E-state index contributed by atoms with van der Waals surface area (Å²) in [6, 6.07) is -1.65. The Hall–Kier alpha value is -1.08. The highest BCUT2D eigenvalue weighted by atomic mass is 32.1. The molecule has 16 heavy (non-hydrogen) atoms. The van der Waals surface area contributed by atoms with Gasteiger partial charge in [0.2, 0.25) is 11.0 Å². The Morgan fingerprint density at radius 1 is 1.38 bits per heavy atom. The van der Waals surface area contributed by atoms with Gasteiger partial charge in [0.1, 0.15) is 6.04 Å². The molecule has 7 heteroatoms. The minimum absolute atomic E-state index is 0.214. The molecule has 0 rings (SSSR count). The summed E-state index contributed by atoms with van der Waals surface area (Å²) in [7, 11) is 0. The van der Waals surface area contributed by atoms with Crippen LogP contribution in [0.5, 0.6) is 0 Å². The number of aliphatic carboxylic acids is 1. The quantitative estimate of drug-likeness (QED) is 0.451. The molecule has 2 atom stereocenters. The molecule has 0 aromatic rings. The van der Waals surface area contributed by atoms with Crippen LogP contribution >= 0.6 is 12.6 Å². The standard InChI is InChI=1S/C9H16N2O4S/c1-3-10-6(8(13)14)4-7(12)11-5(2)9(15)16/h5-6,10H,3-4H2,1-2H3,(H,11,12)(H,13,14)(H,15,16)/t5-,6+/m0/s1. The number of hydrogen-bond donors (Lipinski definition) is 4. The van der Waals surface area contributed by atoms with Crippen molar-refractivity contribution in [2.75, 3.05) is 6.54 Å². The number of rotatable bonds is 7. The highest BCUT2D eigenvalue weighted by molar-refractivity contribution is 7.96. The zero-order chi connectivity index (χ0) is 12.7. The first-order valence-electron chi connectivity index (χ1n) is 4.86. The van der Waals surface area contributed by atoms with Gasteiger partial charge < -0.3 is 15.7 Å². The fourth-order valence-corrected chi connectivity index (χ4v) is 1.11. The van der Waals surface area contributed by atoms with Crippen molar-refractivity contribution in [2.24, 2.45) is 0 Å². The number of carbonyl (C=O) groups is 3. The summed E-state index contributed by atoms with van der Waals surface area (Å²) in [6.07, 6.45) is -0.214. The molecule has 0 aliphatic rings. The number of carbonyl (C=O) groups excluding carboxylic acids is 2. The predicted molar refractivity (Wildman–Crippen MR) is 61.3 cm³/mol. The van der Waals surface area contributed by atoms with Crippen LogP contribution in [-0.4, -0.2) is 40.7 Å². The van der Waals surface area contributed by atoms with Crippen molar-refractivity contribution >= 4 is 29.6 Å². The van der Waals surface area contributed by atoms with Gasteiger partial charge in [-0.2, -0.15) is 0 Å². The fraction of sp³-hybridized carbons (Fsp3) is 0.667. The largest absolute Gasteiger partial charge is 0.480 e. The van der Waals surface area contributed by atoms with E-state index in [1.165, 1.54) is 6.92 Å². The van der Waals surface area contributed by atoms with E-state index in [4.69, 9.17) is 5.11 Å². The zero-order valence-corrected chi connectivity index (χ0v) is 10.1. The molecule has 0 bridgehead atoms. The lowest BCUT2D eigenvalue weighted by Gasteiger charge is -2.14. The van der Waals surface area contributed by atoms with Crippen molar-refractivity contribution in [2.45, 2.75) is 32.4 Å². The van der Waals surface area contributed by atoms with Gasteiger partial charge in [-0.1, -0.05) is 6.92 Å². The molecule has 1 amide bonds. The van der Waals surface area contributed by atoms with Crippen LogP contribution in [0, 0.1) is 0 Å². The number of likely N-dealkylation sites (N-methyl/N-ethyl adjacent to an activating group) is 1. The fourth-order valence-electron chi connectivity index (χ4n) is 1.04. The van der Waals surface area contributed by atoms with Gasteiger partial charge in [0.15, 0.2) is 0 Å². The third-order valence-electron chi connectivity index (χ3n) is 1.89. The second-order valence-electron chi connectivity index (χ2n) is 3.28. The highest BCUT2D eigenvalue weighted by Crippen LogP contribution is 1.95. The van der Waals surface area contributed by atoms with Crippen LogP contribution < -0.4 is 10.6 Å². The Morgan fingerprint density at radius 2 is 1.94 bits per heavy atom. The molecule has 0 aliphatic heterocycles. The molecular formula is C9H16N2O4S. The highest BCUT2D eigenvalue weighted by Gasteiger charge is 2.21. The molecule has 0 aromatic heterocycles.